The van der Waals surface area contributed by atoms with Crippen molar-refractivity contribution in [1.82, 2.24) is 20.8 Å². The van der Waals surface area contributed by atoms with E-state index in [0.29, 0.717) is 22.6 Å². The summed E-state index contributed by atoms with van der Waals surface area (Å²) in [6.45, 7) is 4.56. The van der Waals surface area contributed by atoms with E-state index in [9.17, 15) is 9.59 Å². The van der Waals surface area contributed by atoms with Crippen molar-refractivity contribution in [3.8, 4) is 0 Å². The molecule has 24 heavy (non-hydrogen) atoms. The summed E-state index contributed by atoms with van der Waals surface area (Å²) in [5.41, 5.74) is 0.961. The zero-order valence-electron chi connectivity index (χ0n) is 12.8. The molecule has 0 fully saturated rings. The molecule has 0 spiro atoms. The number of aromatic nitrogens is 2. The summed E-state index contributed by atoms with van der Waals surface area (Å²) in [4.78, 5) is 23.4. The van der Waals surface area contributed by atoms with Gasteiger partial charge in [0, 0.05) is 13.1 Å². The highest BCUT2D eigenvalue weighted by Gasteiger charge is 2.10. The lowest BCUT2D eigenvalue weighted by Gasteiger charge is -2.06. The average molecular weight is 363 g/mol. The van der Waals surface area contributed by atoms with Crippen LogP contribution in [0.25, 0.3) is 0 Å². The van der Waals surface area contributed by atoms with E-state index in [1.807, 2.05) is 30.3 Å². The van der Waals surface area contributed by atoms with Gasteiger partial charge in [-0.3, -0.25) is 10.1 Å². The molecule has 0 aliphatic carbocycles. The normalized spacial score (nSPS) is 10.0. The molecule has 3 amide bonds. The molecule has 0 aliphatic heterocycles. The second-order valence-corrected chi connectivity index (χ2v) is 6.75. The second kappa shape index (κ2) is 9.68. The van der Waals surface area contributed by atoms with Crippen LogP contribution in [0.15, 0.2) is 47.3 Å². The minimum absolute atomic E-state index is 0.0921. The van der Waals surface area contributed by atoms with Crippen LogP contribution in [0.1, 0.15) is 5.56 Å². The molecule has 0 aliphatic rings. The van der Waals surface area contributed by atoms with E-state index in [-0.39, 0.29) is 11.7 Å². The Balaban J connectivity index is 1.67. The molecular weight excluding hydrogens is 346 g/mol. The molecule has 126 valence electrons. The van der Waals surface area contributed by atoms with Crippen molar-refractivity contribution in [2.45, 2.75) is 10.9 Å². The zero-order chi connectivity index (χ0) is 17.2. The maximum atomic E-state index is 11.8. The lowest BCUT2D eigenvalue weighted by molar-refractivity contribution is -0.117. The van der Waals surface area contributed by atoms with Gasteiger partial charge in [-0.15, -0.1) is 16.8 Å². The first-order valence-corrected chi connectivity index (χ1v) is 8.90. The van der Waals surface area contributed by atoms with Crippen molar-refractivity contribution < 1.29 is 9.59 Å². The van der Waals surface area contributed by atoms with Crippen molar-refractivity contribution in [2.75, 3.05) is 17.6 Å². The summed E-state index contributed by atoms with van der Waals surface area (Å²) in [7, 11) is 0. The highest BCUT2D eigenvalue weighted by Crippen LogP contribution is 2.24. The van der Waals surface area contributed by atoms with E-state index < -0.39 is 6.03 Å². The van der Waals surface area contributed by atoms with Gasteiger partial charge in [0.2, 0.25) is 11.0 Å². The van der Waals surface area contributed by atoms with Crippen LogP contribution in [0, 0.1) is 0 Å². The second-order valence-electron chi connectivity index (χ2n) is 4.55. The Morgan fingerprint density at radius 2 is 2.04 bits per heavy atom. The summed E-state index contributed by atoms with van der Waals surface area (Å²) in [6, 6.07) is 8.94. The van der Waals surface area contributed by atoms with Gasteiger partial charge in [0.15, 0.2) is 4.34 Å². The summed E-state index contributed by atoms with van der Waals surface area (Å²) in [5, 5.41) is 16.5. The first kappa shape index (κ1) is 18.0. The monoisotopic (exact) mass is 363 g/mol. The third-order valence-electron chi connectivity index (χ3n) is 2.68. The van der Waals surface area contributed by atoms with Gasteiger partial charge in [0.05, 0.1) is 5.75 Å². The maximum absolute atomic E-state index is 11.8. The number of carbonyl (C=O) groups excluding carboxylic acids is 2. The largest absolute Gasteiger partial charge is 0.357 e. The number of nitrogens with one attached hydrogen (secondary N) is 3. The number of urea groups is 1. The number of nitrogens with zero attached hydrogens (tertiary/aromatic N) is 2. The Morgan fingerprint density at radius 3 is 2.79 bits per heavy atom. The van der Waals surface area contributed by atoms with Crippen molar-refractivity contribution in [3.63, 3.8) is 0 Å². The van der Waals surface area contributed by atoms with Gasteiger partial charge >= 0.3 is 6.03 Å². The van der Waals surface area contributed by atoms with Crippen LogP contribution in [0.4, 0.5) is 9.93 Å². The van der Waals surface area contributed by atoms with Crippen LogP contribution >= 0.6 is 23.1 Å². The van der Waals surface area contributed by atoms with Crippen molar-refractivity contribution in [3.05, 3.63) is 48.6 Å². The molecule has 3 N–H and O–H groups in total. The van der Waals surface area contributed by atoms with E-state index in [2.05, 4.69) is 32.7 Å². The smallest absolute Gasteiger partial charge is 0.321 e. The van der Waals surface area contributed by atoms with Crippen molar-refractivity contribution in [1.29, 1.82) is 0 Å². The number of thioether (sulfide) groups is 1. The van der Waals surface area contributed by atoms with Crippen LogP contribution in [-0.2, 0) is 11.3 Å². The molecule has 1 aromatic heterocycles. The molecule has 2 aromatic rings. The molecule has 0 saturated heterocycles. The SMILES string of the molecule is C=CCNc1nnc(SCC(=O)NC(=O)NCc2ccccc2)s1. The minimum Gasteiger partial charge on any atom is -0.357 e. The summed E-state index contributed by atoms with van der Waals surface area (Å²) in [5.74, 6) is -0.296. The van der Waals surface area contributed by atoms with Crippen LogP contribution in [-0.4, -0.2) is 34.4 Å². The molecule has 0 radical (unpaired) electrons. The summed E-state index contributed by atoms with van der Waals surface area (Å²) < 4.78 is 0.654. The van der Waals surface area contributed by atoms with E-state index in [4.69, 9.17) is 0 Å². The molecule has 1 aromatic carbocycles. The van der Waals surface area contributed by atoms with Gasteiger partial charge in [-0.2, -0.15) is 0 Å². The molecule has 9 heteroatoms. The lowest BCUT2D eigenvalue weighted by atomic mass is 10.2. The molecule has 2 rings (SSSR count). The molecular formula is C15H17N5O2S2. The van der Waals surface area contributed by atoms with Gasteiger partial charge in [0.1, 0.15) is 0 Å². The number of amides is 3. The molecule has 0 bridgehead atoms. The van der Waals surface area contributed by atoms with Crippen LogP contribution in [0.3, 0.4) is 0 Å². The Labute approximate surface area is 147 Å². The quantitative estimate of drug-likeness (QED) is 0.492. The number of anilines is 1. The summed E-state index contributed by atoms with van der Waals surface area (Å²) >= 11 is 2.57. The number of carbonyl (C=O) groups is 2. The maximum Gasteiger partial charge on any atom is 0.321 e. The summed E-state index contributed by atoms with van der Waals surface area (Å²) in [6.07, 6.45) is 1.72. The predicted molar refractivity (Wildman–Crippen MR) is 96.1 cm³/mol. The third-order valence-corrected chi connectivity index (χ3v) is 4.69. The van der Waals surface area contributed by atoms with E-state index in [1.165, 1.54) is 23.1 Å². The molecule has 0 saturated carbocycles. The van der Waals surface area contributed by atoms with E-state index >= 15 is 0 Å². The Morgan fingerprint density at radius 1 is 1.25 bits per heavy atom. The van der Waals surface area contributed by atoms with E-state index in [0.717, 1.165) is 5.56 Å². The van der Waals surface area contributed by atoms with Crippen molar-refractivity contribution in [2.24, 2.45) is 0 Å². The number of rotatable bonds is 8. The topological polar surface area (TPSA) is 96.0 Å². The highest BCUT2D eigenvalue weighted by atomic mass is 32.2. The van der Waals surface area contributed by atoms with Gasteiger partial charge in [-0.1, -0.05) is 59.5 Å². The van der Waals surface area contributed by atoms with Crippen molar-refractivity contribution >= 4 is 40.2 Å². The molecule has 1 heterocycles. The average Bonchev–Trinajstić information content (AvgIpc) is 3.05. The first-order valence-electron chi connectivity index (χ1n) is 7.10. The molecule has 7 nitrogen and oxygen atoms in total. The van der Waals surface area contributed by atoms with Gasteiger partial charge in [-0.25, -0.2) is 4.79 Å². The van der Waals surface area contributed by atoms with Gasteiger partial charge in [-0.05, 0) is 5.56 Å². The Bertz CT molecular complexity index is 690. The number of benzene rings is 1. The molecule has 0 unspecified atom stereocenters. The van der Waals surface area contributed by atoms with Gasteiger partial charge in [0.25, 0.3) is 0 Å². The Hall–Kier alpha value is -2.39. The predicted octanol–water partition coefficient (Wildman–Crippen LogP) is 2.25. The van der Waals surface area contributed by atoms with Gasteiger partial charge < -0.3 is 10.6 Å². The molecule has 0 atom stereocenters. The standard InChI is InChI=1S/C15H17N5O2S2/c1-2-8-16-14-19-20-15(24-14)23-10-12(21)18-13(22)17-9-11-6-4-3-5-7-11/h2-7H,1,8-10H2,(H,16,19)(H2,17,18,21,22). The van der Waals surface area contributed by atoms with Crippen LogP contribution in [0.2, 0.25) is 0 Å². The zero-order valence-corrected chi connectivity index (χ0v) is 14.5. The third kappa shape index (κ3) is 6.39. The minimum atomic E-state index is -0.518. The van der Waals surface area contributed by atoms with E-state index in [1.54, 1.807) is 6.08 Å². The van der Waals surface area contributed by atoms with Crippen LogP contribution in [0.5, 0.6) is 0 Å². The fourth-order valence-electron chi connectivity index (χ4n) is 1.61. The highest BCUT2D eigenvalue weighted by molar-refractivity contribution is 8.01. The Kier molecular flexibility index (Phi) is 7.24. The lowest BCUT2D eigenvalue weighted by Crippen LogP contribution is -2.39. The van der Waals surface area contributed by atoms with Crippen LogP contribution < -0.4 is 16.0 Å². The first-order chi connectivity index (χ1) is 11.7. The fourth-order valence-corrected chi connectivity index (χ4v) is 3.17. The number of imide groups is 1. The number of hydrogen-bond acceptors (Lipinski definition) is 7. The number of hydrogen-bond donors (Lipinski definition) is 3. The fraction of sp³-hybridized carbons (Fsp3) is 0.200.